The average molecular weight is 369 g/mol. The number of amides is 1. The van der Waals surface area contributed by atoms with Gasteiger partial charge in [-0.3, -0.25) is 4.79 Å². The molecule has 5 heteroatoms. The number of likely N-dealkylation sites (tertiary alicyclic amines) is 1. The summed E-state index contributed by atoms with van der Waals surface area (Å²) in [5, 5.41) is 0. The fourth-order valence-corrected chi connectivity index (χ4v) is 3.46. The minimum absolute atomic E-state index is 0.0370. The summed E-state index contributed by atoms with van der Waals surface area (Å²) in [6.45, 7) is 6.42. The molecule has 0 radical (unpaired) electrons. The Bertz CT molecular complexity index is 772. The average Bonchev–Trinajstić information content (AvgIpc) is 3.19. The van der Waals surface area contributed by atoms with E-state index >= 15 is 0 Å². The van der Waals surface area contributed by atoms with E-state index in [4.69, 9.17) is 14.2 Å². The van der Waals surface area contributed by atoms with E-state index < -0.39 is 0 Å². The summed E-state index contributed by atoms with van der Waals surface area (Å²) in [6.07, 6.45) is 0.966. The molecule has 0 aromatic heterocycles. The fourth-order valence-electron chi connectivity index (χ4n) is 3.46. The lowest BCUT2D eigenvalue weighted by Crippen LogP contribution is -2.28. The molecule has 3 rings (SSSR count). The van der Waals surface area contributed by atoms with E-state index in [1.165, 1.54) is 5.56 Å². The van der Waals surface area contributed by atoms with Gasteiger partial charge < -0.3 is 19.1 Å². The summed E-state index contributed by atoms with van der Waals surface area (Å²) in [5.74, 6) is 2.54. The van der Waals surface area contributed by atoms with Gasteiger partial charge in [0.15, 0.2) is 11.5 Å². The molecule has 1 aliphatic heterocycles. The predicted molar refractivity (Wildman–Crippen MR) is 105 cm³/mol. The van der Waals surface area contributed by atoms with Gasteiger partial charge in [-0.05, 0) is 56.2 Å². The molecule has 0 saturated carbocycles. The number of carbonyl (C=O) groups is 1. The van der Waals surface area contributed by atoms with Gasteiger partial charge in [0.2, 0.25) is 0 Å². The van der Waals surface area contributed by atoms with Crippen molar-refractivity contribution in [2.45, 2.75) is 26.2 Å². The number of benzene rings is 2. The second-order valence-corrected chi connectivity index (χ2v) is 6.54. The van der Waals surface area contributed by atoms with Crippen LogP contribution in [0.15, 0.2) is 42.5 Å². The number of nitrogens with zero attached hydrogens (tertiary/aromatic N) is 1. The Hall–Kier alpha value is -2.69. The maximum Gasteiger partial charge on any atom is 0.254 e. The number of ether oxygens (including phenoxy) is 3. The summed E-state index contributed by atoms with van der Waals surface area (Å²) in [7, 11) is 1.66. The highest BCUT2D eigenvalue weighted by atomic mass is 16.5. The van der Waals surface area contributed by atoms with Crippen LogP contribution in [0.25, 0.3) is 0 Å². The number of carbonyl (C=O) groups excluding carboxylic acids is 1. The van der Waals surface area contributed by atoms with E-state index in [2.05, 4.69) is 12.1 Å². The summed E-state index contributed by atoms with van der Waals surface area (Å²) in [6, 6.07) is 13.5. The van der Waals surface area contributed by atoms with Crippen molar-refractivity contribution in [3.63, 3.8) is 0 Å². The van der Waals surface area contributed by atoms with E-state index in [9.17, 15) is 4.79 Å². The van der Waals surface area contributed by atoms with Crippen LogP contribution in [0.5, 0.6) is 17.2 Å². The second kappa shape index (κ2) is 8.80. The van der Waals surface area contributed by atoms with Crippen molar-refractivity contribution >= 4 is 5.91 Å². The van der Waals surface area contributed by atoms with E-state index in [0.717, 1.165) is 25.3 Å². The van der Waals surface area contributed by atoms with E-state index in [1.807, 2.05) is 43.0 Å². The summed E-state index contributed by atoms with van der Waals surface area (Å²) >= 11 is 0. The minimum Gasteiger partial charge on any atom is -0.497 e. The first-order valence-corrected chi connectivity index (χ1v) is 9.49. The highest BCUT2D eigenvalue weighted by Gasteiger charge is 2.28. The molecule has 144 valence electrons. The molecule has 1 aliphatic rings. The SMILES string of the molecule is CCOc1ccc(C(=O)N2CCC(c3ccc(OC)cc3)C2)cc1OCC. The number of methoxy groups -OCH3 is 1. The van der Waals surface area contributed by atoms with Crippen LogP contribution in [0.1, 0.15) is 42.1 Å². The van der Waals surface area contributed by atoms with Crippen LogP contribution in [0.4, 0.5) is 0 Å². The highest BCUT2D eigenvalue weighted by molar-refractivity contribution is 5.95. The molecule has 1 atom stereocenters. The van der Waals surface area contributed by atoms with Gasteiger partial charge in [-0.15, -0.1) is 0 Å². The summed E-state index contributed by atoms with van der Waals surface area (Å²) in [5.41, 5.74) is 1.88. The van der Waals surface area contributed by atoms with Crippen LogP contribution in [-0.2, 0) is 0 Å². The zero-order valence-corrected chi connectivity index (χ0v) is 16.2. The lowest BCUT2D eigenvalue weighted by molar-refractivity contribution is 0.0790. The molecule has 2 aromatic rings. The minimum atomic E-state index is 0.0370. The Morgan fingerprint density at radius 3 is 2.41 bits per heavy atom. The molecular weight excluding hydrogens is 342 g/mol. The largest absolute Gasteiger partial charge is 0.497 e. The van der Waals surface area contributed by atoms with Crippen LogP contribution >= 0.6 is 0 Å². The van der Waals surface area contributed by atoms with Crippen molar-refractivity contribution < 1.29 is 19.0 Å². The number of hydrogen-bond donors (Lipinski definition) is 0. The van der Waals surface area contributed by atoms with Crippen molar-refractivity contribution in [1.82, 2.24) is 4.90 Å². The monoisotopic (exact) mass is 369 g/mol. The first-order valence-electron chi connectivity index (χ1n) is 9.49. The third kappa shape index (κ3) is 4.35. The van der Waals surface area contributed by atoms with Gasteiger partial charge in [-0.2, -0.15) is 0 Å². The van der Waals surface area contributed by atoms with Crippen molar-refractivity contribution in [3.8, 4) is 17.2 Å². The van der Waals surface area contributed by atoms with Gasteiger partial charge in [-0.1, -0.05) is 12.1 Å². The molecule has 2 aromatic carbocycles. The van der Waals surface area contributed by atoms with Crippen molar-refractivity contribution in [2.24, 2.45) is 0 Å². The molecule has 1 fully saturated rings. The Morgan fingerprint density at radius 1 is 1.04 bits per heavy atom. The molecule has 1 unspecified atom stereocenters. The fraction of sp³-hybridized carbons (Fsp3) is 0.409. The van der Waals surface area contributed by atoms with E-state index in [-0.39, 0.29) is 5.91 Å². The van der Waals surface area contributed by atoms with Gasteiger partial charge in [0, 0.05) is 24.6 Å². The van der Waals surface area contributed by atoms with Crippen molar-refractivity contribution in [2.75, 3.05) is 33.4 Å². The number of hydrogen-bond acceptors (Lipinski definition) is 4. The molecule has 0 bridgehead atoms. The molecule has 0 N–H and O–H groups in total. The molecule has 0 aliphatic carbocycles. The topological polar surface area (TPSA) is 48.0 Å². The van der Waals surface area contributed by atoms with Crippen LogP contribution in [0.2, 0.25) is 0 Å². The smallest absolute Gasteiger partial charge is 0.254 e. The van der Waals surface area contributed by atoms with E-state index in [1.54, 1.807) is 13.2 Å². The molecule has 5 nitrogen and oxygen atoms in total. The van der Waals surface area contributed by atoms with Crippen LogP contribution in [0.3, 0.4) is 0 Å². The van der Waals surface area contributed by atoms with Crippen molar-refractivity contribution in [3.05, 3.63) is 53.6 Å². The Kier molecular flexibility index (Phi) is 6.22. The number of rotatable bonds is 7. The summed E-state index contributed by atoms with van der Waals surface area (Å²) < 4.78 is 16.5. The Morgan fingerprint density at radius 2 is 1.74 bits per heavy atom. The molecule has 1 saturated heterocycles. The first-order chi connectivity index (χ1) is 13.2. The van der Waals surface area contributed by atoms with E-state index in [0.29, 0.717) is 36.2 Å². The second-order valence-electron chi connectivity index (χ2n) is 6.54. The maximum absolute atomic E-state index is 13.0. The quantitative estimate of drug-likeness (QED) is 0.736. The molecule has 1 amide bonds. The van der Waals surface area contributed by atoms with Gasteiger partial charge in [-0.25, -0.2) is 0 Å². The third-order valence-electron chi connectivity index (χ3n) is 4.85. The standard InChI is InChI=1S/C22H27NO4/c1-4-26-20-11-8-17(14-21(20)27-5-2)22(24)23-13-12-18(15-23)16-6-9-19(25-3)10-7-16/h6-11,14,18H,4-5,12-13,15H2,1-3H3. The zero-order valence-electron chi connectivity index (χ0n) is 16.2. The summed E-state index contributed by atoms with van der Waals surface area (Å²) in [4.78, 5) is 14.9. The first kappa shape index (κ1) is 19.1. The highest BCUT2D eigenvalue weighted by Crippen LogP contribution is 2.32. The molecule has 0 spiro atoms. The zero-order chi connectivity index (χ0) is 19.2. The normalized spacial score (nSPS) is 16.3. The molecular formula is C22H27NO4. The van der Waals surface area contributed by atoms with Gasteiger partial charge in [0.25, 0.3) is 5.91 Å². The van der Waals surface area contributed by atoms with Crippen LogP contribution < -0.4 is 14.2 Å². The van der Waals surface area contributed by atoms with Crippen LogP contribution in [0, 0.1) is 0 Å². The third-order valence-corrected chi connectivity index (χ3v) is 4.85. The lowest BCUT2D eigenvalue weighted by Gasteiger charge is -2.18. The maximum atomic E-state index is 13.0. The van der Waals surface area contributed by atoms with Gasteiger partial charge in [0.05, 0.1) is 20.3 Å². The van der Waals surface area contributed by atoms with Crippen LogP contribution in [-0.4, -0.2) is 44.2 Å². The van der Waals surface area contributed by atoms with Crippen molar-refractivity contribution in [1.29, 1.82) is 0 Å². The predicted octanol–water partition coefficient (Wildman–Crippen LogP) is 4.12. The van der Waals surface area contributed by atoms with Gasteiger partial charge in [0.1, 0.15) is 5.75 Å². The molecule has 1 heterocycles. The van der Waals surface area contributed by atoms with Gasteiger partial charge >= 0.3 is 0 Å². The Labute approximate surface area is 160 Å². The Balaban J connectivity index is 1.71. The molecule has 27 heavy (non-hydrogen) atoms. The lowest BCUT2D eigenvalue weighted by atomic mass is 9.98.